The fourth-order valence-electron chi connectivity index (χ4n) is 3.19. The monoisotopic (exact) mass is 405 g/mol. The number of hydrogen-bond acceptors (Lipinski definition) is 4. The molecular formula is C20H24FN3O3S. The average molecular weight is 405 g/mol. The molecule has 0 saturated carbocycles. The molecule has 1 heterocycles. The van der Waals surface area contributed by atoms with Gasteiger partial charge in [-0.2, -0.15) is 0 Å². The van der Waals surface area contributed by atoms with Crippen LogP contribution in [0.4, 0.5) is 4.39 Å². The molecule has 3 rings (SSSR count). The smallest absolute Gasteiger partial charge is 0.240 e. The third-order valence-corrected chi connectivity index (χ3v) is 6.24. The van der Waals surface area contributed by atoms with Crippen LogP contribution in [0.15, 0.2) is 59.5 Å². The normalized spacial score (nSPS) is 15.9. The number of nitrogens with two attached hydrogens (primary N) is 1. The van der Waals surface area contributed by atoms with Gasteiger partial charge in [0, 0.05) is 38.0 Å². The van der Waals surface area contributed by atoms with Crippen LogP contribution < -0.4 is 10.5 Å². The molecule has 8 heteroatoms. The third-order valence-electron chi connectivity index (χ3n) is 4.80. The fourth-order valence-corrected chi connectivity index (χ4v) is 4.32. The van der Waals surface area contributed by atoms with E-state index in [0.717, 1.165) is 0 Å². The standard InChI is InChI=1S/C20H24FN3O3S/c21-19-9-5-4-6-16(19)10-17(22)11-20(25)24-13-15(14-24)12-23-28(26,27)18-7-2-1-3-8-18/h1-9,15,17,23H,10-14,22H2. The number of rotatable bonds is 8. The van der Waals surface area contributed by atoms with Crippen LogP contribution in [0, 0.1) is 11.7 Å². The Bertz CT molecular complexity index is 915. The Hall–Kier alpha value is -2.29. The van der Waals surface area contributed by atoms with Crippen molar-refractivity contribution in [2.45, 2.75) is 23.8 Å². The summed E-state index contributed by atoms with van der Waals surface area (Å²) >= 11 is 0. The van der Waals surface area contributed by atoms with E-state index in [1.807, 2.05) is 0 Å². The summed E-state index contributed by atoms with van der Waals surface area (Å²) < 4.78 is 40.7. The van der Waals surface area contributed by atoms with E-state index in [1.165, 1.54) is 18.2 Å². The van der Waals surface area contributed by atoms with Crippen molar-refractivity contribution in [2.24, 2.45) is 11.7 Å². The minimum atomic E-state index is -3.54. The number of nitrogens with zero attached hydrogens (tertiary/aromatic N) is 1. The van der Waals surface area contributed by atoms with Gasteiger partial charge in [0.1, 0.15) is 5.82 Å². The molecule has 0 spiro atoms. The van der Waals surface area contributed by atoms with Crippen molar-refractivity contribution in [3.05, 3.63) is 66.0 Å². The van der Waals surface area contributed by atoms with Crippen molar-refractivity contribution in [2.75, 3.05) is 19.6 Å². The Morgan fingerprint density at radius 2 is 1.79 bits per heavy atom. The summed E-state index contributed by atoms with van der Waals surface area (Å²) in [5, 5.41) is 0. The van der Waals surface area contributed by atoms with E-state index in [0.29, 0.717) is 25.1 Å². The lowest BCUT2D eigenvalue weighted by atomic mass is 9.98. The van der Waals surface area contributed by atoms with E-state index in [2.05, 4.69) is 4.72 Å². The second kappa shape index (κ2) is 8.81. The van der Waals surface area contributed by atoms with Crippen molar-refractivity contribution in [1.29, 1.82) is 0 Å². The predicted molar refractivity (Wildman–Crippen MR) is 104 cm³/mol. The lowest BCUT2D eigenvalue weighted by Gasteiger charge is -2.39. The van der Waals surface area contributed by atoms with Gasteiger partial charge in [0.25, 0.3) is 0 Å². The zero-order chi connectivity index (χ0) is 20.1. The number of halogens is 1. The van der Waals surface area contributed by atoms with Gasteiger partial charge in [0.05, 0.1) is 4.90 Å². The van der Waals surface area contributed by atoms with E-state index < -0.39 is 16.1 Å². The molecular weight excluding hydrogens is 381 g/mol. The molecule has 1 aliphatic heterocycles. The van der Waals surface area contributed by atoms with Crippen molar-refractivity contribution in [3.63, 3.8) is 0 Å². The molecule has 0 aliphatic carbocycles. The lowest BCUT2D eigenvalue weighted by molar-refractivity contribution is -0.137. The highest BCUT2D eigenvalue weighted by molar-refractivity contribution is 7.89. The van der Waals surface area contributed by atoms with Gasteiger partial charge in [-0.15, -0.1) is 0 Å². The van der Waals surface area contributed by atoms with Gasteiger partial charge in [-0.1, -0.05) is 36.4 Å². The van der Waals surface area contributed by atoms with Crippen LogP contribution >= 0.6 is 0 Å². The van der Waals surface area contributed by atoms with Crippen molar-refractivity contribution in [3.8, 4) is 0 Å². The first-order valence-corrected chi connectivity index (χ1v) is 10.6. The van der Waals surface area contributed by atoms with Gasteiger partial charge in [0.15, 0.2) is 0 Å². The van der Waals surface area contributed by atoms with Gasteiger partial charge < -0.3 is 10.6 Å². The number of likely N-dealkylation sites (tertiary alicyclic amines) is 1. The summed E-state index contributed by atoms with van der Waals surface area (Å²) in [7, 11) is -3.54. The topological polar surface area (TPSA) is 92.5 Å². The first-order chi connectivity index (χ1) is 13.3. The van der Waals surface area contributed by atoms with Crippen molar-refractivity contribution < 1.29 is 17.6 Å². The number of nitrogens with one attached hydrogen (secondary N) is 1. The average Bonchev–Trinajstić information content (AvgIpc) is 2.63. The highest BCUT2D eigenvalue weighted by Gasteiger charge is 2.32. The summed E-state index contributed by atoms with van der Waals surface area (Å²) in [6.45, 7) is 1.26. The van der Waals surface area contributed by atoms with Gasteiger partial charge >= 0.3 is 0 Å². The summed E-state index contributed by atoms with van der Waals surface area (Å²) in [5.41, 5.74) is 6.50. The number of amides is 1. The molecule has 1 saturated heterocycles. The highest BCUT2D eigenvalue weighted by Crippen LogP contribution is 2.18. The maximum atomic E-state index is 13.7. The maximum absolute atomic E-state index is 13.7. The Morgan fingerprint density at radius 3 is 2.46 bits per heavy atom. The quantitative estimate of drug-likeness (QED) is 0.697. The summed E-state index contributed by atoms with van der Waals surface area (Å²) in [6.07, 6.45) is 0.434. The molecule has 2 aromatic carbocycles. The zero-order valence-electron chi connectivity index (χ0n) is 15.4. The van der Waals surface area contributed by atoms with E-state index in [-0.39, 0.29) is 35.5 Å². The SMILES string of the molecule is NC(CC(=O)N1CC(CNS(=O)(=O)c2ccccc2)C1)Cc1ccccc1F. The molecule has 0 aromatic heterocycles. The van der Waals surface area contributed by atoms with Gasteiger partial charge in [-0.25, -0.2) is 17.5 Å². The molecule has 1 aliphatic rings. The van der Waals surface area contributed by atoms with Crippen LogP contribution in [0.25, 0.3) is 0 Å². The molecule has 6 nitrogen and oxygen atoms in total. The molecule has 1 atom stereocenters. The van der Waals surface area contributed by atoms with E-state index in [4.69, 9.17) is 5.73 Å². The molecule has 1 amide bonds. The van der Waals surface area contributed by atoms with Gasteiger partial charge in [-0.05, 0) is 30.2 Å². The number of carbonyl (C=O) groups excluding carboxylic acids is 1. The third kappa shape index (κ3) is 5.15. The zero-order valence-corrected chi connectivity index (χ0v) is 16.2. The Balaban J connectivity index is 1.41. The Morgan fingerprint density at radius 1 is 1.14 bits per heavy atom. The van der Waals surface area contributed by atoms with Crippen molar-refractivity contribution in [1.82, 2.24) is 9.62 Å². The number of benzene rings is 2. The summed E-state index contributed by atoms with van der Waals surface area (Å²) in [4.78, 5) is 14.2. The first-order valence-electron chi connectivity index (χ1n) is 9.16. The first kappa shape index (κ1) is 20.4. The molecule has 28 heavy (non-hydrogen) atoms. The minimum absolute atomic E-state index is 0.0743. The predicted octanol–water partition coefficient (Wildman–Crippen LogP) is 1.52. The van der Waals surface area contributed by atoms with E-state index in [9.17, 15) is 17.6 Å². The van der Waals surface area contributed by atoms with Crippen LogP contribution in [0.3, 0.4) is 0 Å². The largest absolute Gasteiger partial charge is 0.342 e. The lowest BCUT2D eigenvalue weighted by Crippen LogP contribution is -2.54. The van der Waals surface area contributed by atoms with Crippen molar-refractivity contribution >= 4 is 15.9 Å². The second-order valence-corrected chi connectivity index (χ2v) is 8.86. The molecule has 0 bridgehead atoms. The minimum Gasteiger partial charge on any atom is -0.342 e. The molecule has 150 valence electrons. The van der Waals surface area contributed by atoms with E-state index >= 15 is 0 Å². The van der Waals surface area contributed by atoms with Gasteiger partial charge in [0.2, 0.25) is 15.9 Å². The van der Waals surface area contributed by atoms with Crippen LogP contribution in [-0.4, -0.2) is 44.9 Å². The van der Waals surface area contributed by atoms with Gasteiger partial charge in [-0.3, -0.25) is 4.79 Å². The van der Waals surface area contributed by atoms with Crippen LogP contribution in [-0.2, 0) is 21.2 Å². The van der Waals surface area contributed by atoms with Crippen LogP contribution in [0.2, 0.25) is 0 Å². The molecule has 0 radical (unpaired) electrons. The van der Waals surface area contributed by atoms with Crippen LogP contribution in [0.5, 0.6) is 0 Å². The van der Waals surface area contributed by atoms with E-state index in [1.54, 1.807) is 41.3 Å². The number of sulfonamides is 1. The second-order valence-electron chi connectivity index (χ2n) is 7.09. The molecule has 2 aromatic rings. The molecule has 1 fully saturated rings. The fraction of sp³-hybridized carbons (Fsp3) is 0.350. The Kier molecular flexibility index (Phi) is 6.43. The Labute approximate surface area is 164 Å². The summed E-state index contributed by atoms with van der Waals surface area (Å²) in [6, 6.07) is 14.1. The molecule has 1 unspecified atom stereocenters. The number of hydrogen-bond donors (Lipinski definition) is 2. The number of carbonyl (C=O) groups is 1. The highest BCUT2D eigenvalue weighted by atomic mass is 32.2. The van der Waals surface area contributed by atoms with Crippen LogP contribution in [0.1, 0.15) is 12.0 Å². The maximum Gasteiger partial charge on any atom is 0.240 e. The summed E-state index contributed by atoms with van der Waals surface area (Å²) in [5.74, 6) is -0.337. The molecule has 3 N–H and O–H groups in total.